The summed E-state index contributed by atoms with van der Waals surface area (Å²) in [4.78, 5) is 24.1. The predicted octanol–water partition coefficient (Wildman–Crippen LogP) is 5.34. The lowest BCUT2D eigenvalue weighted by Crippen LogP contribution is -2.13. The van der Waals surface area contributed by atoms with Gasteiger partial charge in [-0.25, -0.2) is 4.79 Å². The van der Waals surface area contributed by atoms with Crippen LogP contribution in [0.2, 0.25) is 5.02 Å². The van der Waals surface area contributed by atoms with Crippen LogP contribution in [0.15, 0.2) is 57.8 Å². The molecule has 0 amide bonds. The Labute approximate surface area is 179 Å². The van der Waals surface area contributed by atoms with Crippen LogP contribution in [0.1, 0.15) is 30.0 Å². The fourth-order valence-electron chi connectivity index (χ4n) is 3.14. The minimum absolute atomic E-state index is 0.119. The maximum Gasteiger partial charge on any atom is 0.339 e. The molecule has 156 valence electrons. The molecule has 0 aliphatic rings. The molecule has 1 aromatic heterocycles. The molecule has 3 aromatic rings. The van der Waals surface area contributed by atoms with Crippen molar-refractivity contribution < 1.29 is 18.7 Å². The molecule has 0 saturated heterocycles. The van der Waals surface area contributed by atoms with E-state index in [0.717, 1.165) is 11.1 Å². The lowest BCUT2D eigenvalue weighted by Gasteiger charge is -2.11. The van der Waals surface area contributed by atoms with E-state index in [0.29, 0.717) is 40.5 Å². The van der Waals surface area contributed by atoms with Crippen LogP contribution in [0.25, 0.3) is 17.0 Å². The van der Waals surface area contributed by atoms with Gasteiger partial charge in [0.2, 0.25) is 0 Å². The number of rotatable bonds is 8. The zero-order valence-electron chi connectivity index (χ0n) is 16.9. The SMILES string of the molecule is CCOC(=O)CCc1c(C)c2cc(Cl)c(OCC=Cc3ccccc3)cc2oc1=O. The van der Waals surface area contributed by atoms with Crippen molar-refractivity contribution in [2.24, 2.45) is 0 Å². The van der Waals surface area contributed by atoms with E-state index < -0.39 is 5.63 Å². The zero-order valence-corrected chi connectivity index (χ0v) is 17.7. The Hall–Kier alpha value is -3.05. The molecule has 0 spiro atoms. The van der Waals surface area contributed by atoms with Crippen molar-refractivity contribution in [1.29, 1.82) is 0 Å². The summed E-state index contributed by atoms with van der Waals surface area (Å²) < 4.78 is 16.1. The number of hydrogen-bond acceptors (Lipinski definition) is 5. The topological polar surface area (TPSA) is 65.7 Å². The van der Waals surface area contributed by atoms with Crippen molar-refractivity contribution in [3.8, 4) is 5.75 Å². The number of aryl methyl sites for hydroxylation is 1. The van der Waals surface area contributed by atoms with Crippen molar-refractivity contribution in [2.45, 2.75) is 26.7 Å². The van der Waals surface area contributed by atoms with Crippen LogP contribution in [-0.4, -0.2) is 19.2 Å². The van der Waals surface area contributed by atoms with Gasteiger partial charge in [0.15, 0.2) is 0 Å². The molecule has 2 aromatic carbocycles. The standard InChI is InChI=1S/C24H23ClO5/c1-3-28-23(26)12-11-18-16(2)19-14-20(25)22(15-21(19)30-24(18)27)29-13-7-10-17-8-5-4-6-9-17/h4-10,14-15H,3,11-13H2,1-2H3. The van der Waals surface area contributed by atoms with Crippen molar-refractivity contribution >= 4 is 34.6 Å². The van der Waals surface area contributed by atoms with E-state index in [1.54, 1.807) is 19.1 Å². The number of esters is 1. The van der Waals surface area contributed by atoms with Crippen LogP contribution in [-0.2, 0) is 16.0 Å². The molecule has 0 bridgehead atoms. The van der Waals surface area contributed by atoms with Gasteiger partial charge in [0, 0.05) is 23.4 Å². The average Bonchev–Trinajstić information content (AvgIpc) is 2.73. The van der Waals surface area contributed by atoms with E-state index in [1.165, 1.54) is 0 Å². The average molecular weight is 427 g/mol. The van der Waals surface area contributed by atoms with Gasteiger partial charge in [-0.1, -0.05) is 48.0 Å². The Morgan fingerprint density at radius 1 is 1.20 bits per heavy atom. The Morgan fingerprint density at radius 2 is 1.97 bits per heavy atom. The number of hydrogen-bond donors (Lipinski definition) is 0. The highest BCUT2D eigenvalue weighted by molar-refractivity contribution is 6.32. The van der Waals surface area contributed by atoms with Crippen LogP contribution in [0.3, 0.4) is 0 Å². The number of carbonyl (C=O) groups is 1. The number of fused-ring (bicyclic) bond motifs is 1. The Balaban J connectivity index is 1.78. The third kappa shape index (κ3) is 5.30. The minimum Gasteiger partial charge on any atom is -0.488 e. The zero-order chi connectivity index (χ0) is 21.5. The summed E-state index contributed by atoms with van der Waals surface area (Å²) in [6, 6.07) is 13.2. The summed E-state index contributed by atoms with van der Waals surface area (Å²) >= 11 is 6.39. The van der Waals surface area contributed by atoms with Gasteiger partial charge in [0.1, 0.15) is 17.9 Å². The highest BCUT2D eigenvalue weighted by Crippen LogP contribution is 2.32. The molecular formula is C24H23ClO5. The summed E-state index contributed by atoms with van der Waals surface area (Å²) in [5.74, 6) is 0.0884. The molecule has 0 fully saturated rings. The van der Waals surface area contributed by atoms with Crippen molar-refractivity contribution in [1.82, 2.24) is 0 Å². The first kappa shape index (κ1) is 21.7. The maximum absolute atomic E-state index is 12.4. The molecule has 0 unspecified atom stereocenters. The van der Waals surface area contributed by atoms with Crippen LogP contribution in [0.4, 0.5) is 0 Å². The van der Waals surface area contributed by atoms with E-state index in [4.69, 9.17) is 25.5 Å². The highest BCUT2D eigenvalue weighted by atomic mass is 35.5. The minimum atomic E-state index is -0.471. The second-order valence-corrected chi connectivity index (χ2v) is 7.11. The van der Waals surface area contributed by atoms with Gasteiger partial charge in [0.05, 0.1) is 11.6 Å². The van der Waals surface area contributed by atoms with Gasteiger partial charge in [-0.2, -0.15) is 0 Å². The van der Waals surface area contributed by atoms with Crippen molar-refractivity contribution in [3.05, 3.63) is 80.7 Å². The van der Waals surface area contributed by atoms with Crippen LogP contribution < -0.4 is 10.4 Å². The highest BCUT2D eigenvalue weighted by Gasteiger charge is 2.15. The molecule has 0 N–H and O–H groups in total. The number of carbonyl (C=O) groups excluding carboxylic acids is 1. The van der Waals surface area contributed by atoms with E-state index in [1.807, 2.05) is 49.4 Å². The van der Waals surface area contributed by atoms with Crippen molar-refractivity contribution in [2.75, 3.05) is 13.2 Å². The molecule has 5 nitrogen and oxygen atoms in total. The normalized spacial score (nSPS) is 11.2. The fraction of sp³-hybridized carbons (Fsp3) is 0.250. The molecule has 30 heavy (non-hydrogen) atoms. The molecule has 6 heteroatoms. The number of halogens is 1. The molecule has 1 heterocycles. The van der Waals surface area contributed by atoms with Gasteiger partial charge in [0.25, 0.3) is 0 Å². The van der Waals surface area contributed by atoms with Crippen LogP contribution in [0.5, 0.6) is 5.75 Å². The monoisotopic (exact) mass is 426 g/mol. The lowest BCUT2D eigenvalue weighted by atomic mass is 10.0. The summed E-state index contributed by atoms with van der Waals surface area (Å²) in [6.07, 6.45) is 4.21. The van der Waals surface area contributed by atoms with Gasteiger partial charge in [-0.3, -0.25) is 4.79 Å². The molecule has 0 aliphatic carbocycles. The number of benzene rings is 2. The van der Waals surface area contributed by atoms with E-state index in [9.17, 15) is 9.59 Å². The smallest absolute Gasteiger partial charge is 0.339 e. The Bertz CT molecular complexity index is 1120. The summed E-state index contributed by atoms with van der Waals surface area (Å²) in [6.45, 7) is 4.19. The van der Waals surface area contributed by atoms with E-state index >= 15 is 0 Å². The van der Waals surface area contributed by atoms with Crippen molar-refractivity contribution in [3.63, 3.8) is 0 Å². The third-order valence-electron chi connectivity index (χ3n) is 4.67. The van der Waals surface area contributed by atoms with Crippen LogP contribution in [0, 0.1) is 6.92 Å². The number of ether oxygens (including phenoxy) is 2. The van der Waals surface area contributed by atoms with Gasteiger partial charge in [-0.05, 0) is 43.5 Å². The second-order valence-electron chi connectivity index (χ2n) is 6.70. The largest absolute Gasteiger partial charge is 0.488 e. The molecular weight excluding hydrogens is 404 g/mol. The third-order valence-corrected chi connectivity index (χ3v) is 4.96. The molecule has 3 rings (SSSR count). The summed E-state index contributed by atoms with van der Waals surface area (Å²) in [7, 11) is 0. The first-order valence-electron chi connectivity index (χ1n) is 9.75. The fourth-order valence-corrected chi connectivity index (χ4v) is 3.35. The first-order valence-corrected chi connectivity index (χ1v) is 10.1. The van der Waals surface area contributed by atoms with E-state index in [-0.39, 0.29) is 18.8 Å². The summed E-state index contributed by atoms with van der Waals surface area (Å²) in [5.41, 5.74) is 2.18. The second kappa shape index (κ2) is 10.1. The molecule has 0 radical (unpaired) electrons. The Kier molecular flexibility index (Phi) is 7.31. The molecule has 0 aliphatic heterocycles. The lowest BCUT2D eigenvalue weighted by molar-refractivity contribution is -0.143. The van der Waals surface area contributed by atoms with Gasteiger partial charge < -0.3 is 13.9 Å². The predicted molar refractivity (Wildman–Crippen MR) is 118 cm³/mol. The maximum atomic E-state index is 12.4. The van der Waals surface area contributed by atoms with E-state index in [2.05, 4.69) is 0 Å². The molecule has 0 atom stereocenters. The van der Waals surface area contributed by atoms with Gasteiger partial charge in [-0.15, -0.1) is 0 Å². The van der Waals surface area contributed by atoms with Gasteiger partial charge >= 0.3 is 11.6 Å². The van der Waals surface area contributed by atoms with Crippen LogP contribution >= 0.6 is 11.6 Å². The Morgan fingerprint density at radius 3 is 2.70 bits per heavy atom. The molecule has 0 saturated carbocycles. The summed E-state index contributed by atoms with van der Waals surface area (Å²) in [5, 5.41) is 1.13. The first-order chi connectivity index (χ1) is 14.5. The quantitative estimate of drug-likeness (QED) is 0.359.